The summed E-state index contributed by atoms with van der Waals surface area (Å²) in [7, 11) is -4.01. The minimum Gasteiger partial charge on any atom is -0.748 e. The Labute approximate surface area is 120 Å². The number of unbranched alkanes of at least 4 members (excludes halogenated alkanes) is 7. The zero-order valence-electron chi connectivity index (χ0n) is 9.94. The Morgan fingerprint density at radius 1 is 0.938 bits per heavy atom. The maximum atomic E-state index is 10.3. The van der Waals surface area contributed by atoms with E-state index in [2.05, 4.69) is 6.07 Å². The molecule has 0 radical (unpaired) electrons. The van der Waals surface area contributed by atoms with Gasteiger partial charge in [-0.05, 0) is 12.8 Å². The standard InChI is InChI=1S/C10H19NO3S.Na/c11-9-7-5-3-1-2-4-6-8-10-15(12,13)14;/h1-8,10H2,(H,12,13,14);/q;+1/p-1. The summed E-state index contributed by atoms with van der Waals surface area (Å²) in [6, 6.07) is 2.09. The number of hydrogen-bond donors (Lipinski definition) is 0. The van der Waals surface area contributed by atoms with E-state index in [1.54, 1.807) is 0 Å². The van der Waals surface area contributed by atoms with Gasteiger partial charge < -0.3 is 4.55 Å². The molecule has 0 fully saturated rings. The van der Waals surface area contributed by atoms with Gasteiger partial charge in [0.05, 0.1) is 16.2 Å². The number of nitrogens with zero attached hydrogens (tertiary/aromatic N) is 1. The molecule has 16 heavy (non-hydrogen) atoms. The fourth-order valence-corrected chi connectivity index (χ4v) is 1.92. The predicted molar refractivity (Wildman–Crippen MR) is 57.1 cm³/mol. The van der Waals surface area contributed by atoms with Crippen LogP contribution in [0.2, 0.25) is 0 Å². The molecule has 0 aromatic carbocycles. The van der Waals surface area contributed by atoms with E-state index in [0.29, 0.717) is 12.8 Å². The van der Waals surface area contributed by atoms with Crippen LogP contribution in [0.15, 0.2) is 0 Å². The second kappa shape index (κ2) is 11.9. The average Bonchev–Trinajstić information content (AvgIpc) is 2.14. The van der Waals surface area contributed by atoms with Crippen LogP contribution in [0.25, 0.3) is 0 Å². The third kappa shape index (κ3) is 16.8. The van der Waals surface area contributed by atoms with Gasteiger partial charge in [-0.15, -0.1) is 0 Å². The van der Waals surface area contributed by atoms with E-state index in [-0.39, 0.29) is 35.3 Å². The molecular formula is C10H18NNaO3S. The molecule has 0 atom stereocenters. The van der Waals surface area contributed by atoms with Gasteiger partial charge in [0.25, 0.3) is 0 Å². The molecule has 0 rings (SSSR count). The van der Waals surface area contributed by atoms with Crippen LogP contribution in [0, 0.1) is 11.3 Å². The molecule has 4 nitrogen and oxygen atoms in total. The van der Waals surface area contributed by atoms with E-state index in [0.717, 1.165) is 38.5 Å². The third-order valence-corrected chi connectivity index (χ3v) is 2.97. The van der Waals surface area contributed by atoms with Crippen molar-refractivity contribution in [3.63, 3.8) is 0 Å². The minimum atomic E-state index is -4.01. The Balaban J connectivity index is 0. The van der Waals surface area contributed by atoms with Crippen molar-refractivity contribution in [1.29, 1.82) is 5.26 Å². The number of rotatable bonds is 9. The van der Waals surface area contributed by atoms with Crippen LogP contribution in [0.5, 0.6) is 0 Å². The first-order chi connectivity index (χ1) is 7.06. The van der Waals surface area contributed by atoms with E-state index in [4.69, 9.17) is 5.26 Å². The largest absolute Gasteiger partial charge is 1.00 e. The minimum absolute atomic E-state index is 0. The van der Waals surface area contributed by atoms with Gasteiger partial charge in [-0.3, -0.25) is 0 Å². The van der Waals surface area contributed by atoms with Crippen molar-refractivity contribution < 1.29 is 42.5 Å². The van der Waals surface area contributed by atoms with Gasteiger partial charge in [0, 0.05) is 12.2 Å². The van der Waals surface area contributed by atoms with Crippen molar-refractivity contribution >= 4 is 10.1 Å². The van der Waals surface area contributed by atoms with Crippen LogP contribution in [-0.2, 0) is 10.1 Å². The van der Waals surface area contributed by atoms with Crippen molar-refractivity contribution in [2.75, 3.05) is 5.75 Å². The molecule has 0 unspecified atom stereocenters. The van der Waals surface area contributed by atoms with Crippen LogP contribution < -0.4 is 29.6 Å². The van der Waals surface area contributed by atoms with Gasteiger partial charge in [0.15, 0.2) is 0 Å². The first kappa shape index (κ1) is 18.8. The monoisotopic (exact) mass is 255 g/mol. The predicted octanol–water partition coefficient (Wildman–Crippen LogP) is -0.820. The van der Waals surface area contributed by atoms with E-state index in [1.807, 2.05) is 0 Å². The first-order valence-electron chi connectivity index (χ1n) is 5.37. The van der Waals surface area contributed by atoms with Crippen molar-refractivity contribution in [1.82, 2.24) is 0 Å². The Morgan fingerprint density at radius 2 is 1.38 bits per heavy atom. The summed E-state index contributed by atoms with van der Waals surface area (Å²) in [5, 5.41) is 8.28. The third-order valence-electron chi connectivity index (χ3n) is 2.18. The maximum Gasteiger partial charge on any atom is 1.00 e. The van der Waals surface area contributed by atoms with Crippen LogP contribution in [0.1, 0.15) is 51.4 Å². The summed E-state index contributed by atoms with van der Waals surface area (Å²) in [5.41, 5.74) is 0. The number of hydrogen-bond acceptors (Lipinski definition) is 4. The smallest absolute Gasteiger partial charge is 0.748 e. The molecule has 0 aromatic heterocycles. The average molecular weight is 255 g/mol. The first-order valence-corrected chi connectivity index (χ1v) is 6.94. The zero-order valence-corrected chi connectivity index (χ0v) is 12.8. The number of nitriles is 1. The summed E-state index contributed by atoms with van der Waals surface area (Å²) in [6.45, 7) is 0. The van der Waals surface area contributed by atoms with E-state index >= 15 is 0 Å². The second-order valence-corrected chi connectivity index (χ2v) is 5.17. The fraction of sp³-hybridized carbons (Fsp3) is 0.900. The maximum absolute atomic E-state index is 10.3. The van der Waals surface area contributed by atoms with Crippen molar-refractivity contribution in [3.05, 3.63) is 0 Å². The van der Waals surface area contributed by atoms with Gasteiger partial charge in [0.1, 0.15) is 0 Å². The van der Waals surface area contributed by atoms with Gasteiger partial charge in [-0.1, -0.05) is 32.1 Å². The Hall–Kier alpha value is 0.400. The summed E-state index contributed by atoms with van der Waals surface area (Å²) in [5.74, 6) is -0.235. The quantitative estimate of drug-likeness (QED) is 0.306. The molecule has 0 aromatic rings. The van der Waals surface area contributed by atoms with Crippen molar-refractivity contribution in [3.8, 4) is 6.07 Å². The Kier molecular flexibility index (Phi) is 13.9. The molecule has 0 aliphatic rings. The van der Waals surface area contributed by atoms with Crippen molar-refractivity contribution in [2.45, 2.75) is 51.4 Å². The summed E-state index contributed by atoms with van der Waals surface area (Å²) < 4.78 is 30.8. The molecule has 0 saturated carbocycles. The topological polar surface area (TPSA) is 81.0 Å². The molecule has 6 heteroatoms. The molecular weight excluding hydrogens is 237 g/mol. The normalized spacial score (nSPS) is 10.5. The molecule has 0 saturated heterocycles. The van der Waals surface area contributed by atoms with E-state index in [9.17, 15) is 13.0 Å². The van der Waals surface area contributed by atoms with Crippen molar-refractivity contribution in [2.24, 2.45) is 0 Å². The molecule has 88 valence electrons. The Morgan fingerprint density at radius 3 is 1.81 bits per heavy atom. The molecule has 0 N–H and O–H groups in total. The van der Waals surface area contributed by atoms with Crippen LogP contribution in [-0.4, -0.2) is 18.7 Å². The molecule has 0 aliphatic carbocycles. The van der Waals surface area contributed by atoms with Crippen LogP contribution in [0.3, 0.4) is 0 Å². The molecule has 0 heterocycles. The molecule has 0 spiro atoms. The summed E-state index contributed by atoms with van der Waals surface area (Å²) >= 11 is 0. The van der Waals surface area contributed by atoms with Crippen LogP contribution in [0.4, 0.5) is 0 Å². The Bertz CT molecular complexity index is 285. The molecule has 0 bridgehead atoms. The summed E-state index contributed by atoms with van der Waals surface area (Å²) in [4.78, 5) is 0. The van der Waals surface area contributed by atoms with Crippen LogP contribution >= 0.6 is 0 Å². The van der Waals surface area contributed by atoms with E-state index < -0.39 is 10.1 Å². The van der Waals surface area contributed by atoms with Gasteiger partial charge >= 0.3 is 29.6 Å². The SMILES string of the molecule is N#CCCCCCCCCCS(=O)(=O)[O-].[Na+]. The second-order valence-electron chi connectivity index (χ2n) is 3.64. The molecule has 0 aliphatic heterocycles. The van der Waals surface area contributed by atoms with Gasteiger partial charge in [-0.2, -0.15) is 5.26 Å². The van der Waals surface area contributed by atoms with E-state index in [1.165, 1.54) is 0 Å². The zero-order chi connectivity index (χ0) is 11.6. The fourth-order valence-electron chi connectivity index (χ4n) is 1.37. The van der Waals surface area contributed by atoms with Gasteiger partial charge in [-0.25, -0.2) is 8.42 Å². The summed E-state index contributed by atoms with van der Waals surface area (Å²) in [6.07, 6.45) is 7.04. The van der Waals surface area contributed by atoms with Gasteiger partial charge in [0.2, 0.25) is 0 Å². The molecule has 0 amide bonds.